The van der Waals surface area contributed by atoms with Gasteiger partial charge in [0.25, 0.3) is 0 Å². The number of carbonyl (C=O) groups is 2. The number of ketones is 1. The van der Waals surface area contributed by atoms with Gasteiger partial charge in [-0.15, -0.1) is 10.2 Å². The summed E-state index contributed by atoms with van der Waals surface area (Å²) in [4.78, 5) is 25.9. The zero-order chi connectivity index (χ0) is 22.5. The Morgan fingerprint density at radius 3 is 2.56 bits per heavy atom. The number of anilines is 2. The van der Waals surface area contributed by atoms with Crippen LogP contribution in [-0.2, 0) is 9.53 Å². The molecule has 2 aromatic carbocycles. The first kappa shape index (κ1) is 22.0. The van der Waals surface area contributed by atoms with Gasteiger partial charge < -0.3 is 15.0 Å². The molecule has 0 unspecified atom stereocenters. The number of thioether (sulfide) groups is 1. The Morgan fingerprint density at radius 1 is 1.12 bits per heavy atom. The van der Waals surface area contributed by atoms with E-state index in [1.54, 1.807) is 41.0 Å². The van der Waals surface area contributed by atoms with Crippen molar-refractivity contribution in [2.45, 2.75) is 12.1 Å². The Hall–Kier alpha value is -3.24. The first-order chi connectivity index (χ1) is 15.5. The lowest BCUT2D eigenvalue weighted by molar-refractivity contribution is -0.114. The van der Waals surface area contributed by atoms with E-state index < -0.39 is 0 Å². The highest BCUT2D eigenvalue weighted by Gasteiger charge is 2.22. The van der Waals surface area contributed by atoms with Crippen LogP contribution < -0.4 is 10.2 Å². The molecule has 1 aliphatic heterocycles. The first-order valence-corrected chi connectivity index (χ1v) is 11.1. The van der Waals surface area contributed by atoms with Crippen LogP contribution in [0, 0.1) is 5.82 Å². The molecule has 8 nitrogen and oxygen atoms in total. The third-order valence-electron chi connectivity index (χ3n) is 4.84. The highest BCUT2D eigenvalue weighted by Crippen LogP contribution is 2.28. The van der Waals surface area contributed by atoms with Crippen LogP contribution in [0.2, 0.25) is 0 Å². The molecule has 0 saturated carbocycles. The highest BCUT2D eigenvalue weighted by molar-refractivity contribution is 7.99. The molecule has 4 rings (SSSR count). The monoisotopic (exact) mass is 455 g/mol. The van der Waals surface area contributed by atoms with Gasteiger partial charge in [0.2, 0.25) is 11.9 Å². The van der Waals surface area contributed by atoms with Crippen molar-refractivity contribution in [2.75, 3.05) is 42.3 Å². The highest BCUT2D eigenvalue weighted by atomic mass is 32.2. The molecule has 32 heavy (non-hydrogen) atoms. The predicted octanol–water partition coefficient (Wildman–Crippen LogP) is 3.18. The maximum absolute atomic E-state index is 13.9. The van der Waals surface area contributed by atoms with Gasteiger partial charge >= 0.3 is 0 Å². The van der Waals surface area contributed by atoms with Gasteiger partial charge in [-0.3, -0.25) is 14.2 Å². The molecule has 1 fully saturated rings. The Balaban J connectivity index is 1.54. The fraction of sp³-hybridized carbons (Fsp3) is 0.273. The van der Waals surface area contributed by atoms with Crippen molar-refractivity contribution in [3.8, 4) is 5.69 Å². The lowest BCUT2D eigenvalue weighted by Crippen LogP contribution is -2.37. The summed E-state index contributed by atoms with van der Waals surface area (Å²) in [5.74, 6) is 0.0955. The summed E-state index contributed by atoms with van der Waals surface area (Å²) >= 11 is 1.24. The van der Waals surface area contributed by atoms with Gasteiger partial charge in [0, 0.05) is 31.3 Å². The van der Waals surface area contributed by atoms with E-state index in [0.717, 1.165) is 0 Å². The molecule has 0 aliphatic carbocycles. The second-order valence-corrected chi connectivity index (χ2v) is 8.11. The number of halogens is 1. The van der Waals surface area contributed by atoms with Crippen molar-refractivity contribution in [2.24, 2.45) is 0 Å². The maximum Gasteiger partial charge on any atom is 0.232 e. The number of hydrogen-bond acceptors (Lipinski definition) is 7. The molecule has 10 heteroatoms. The molecule has 1 saturated heterocycles. The third-order valence-corrected chi connectivity index (χ3v) is 5.77. The van der Waals surface area contributed by atoms with Crippen LogP contribution in [-0.4, -0.2) is 58.5 Å². The molecule has 166 valence electrons. The Bertz CT molecular complexity index is 1110. The van der Waals surface area contributed by atoms with Crippen molar-refractivity contribution in [3.05, 3.63) is 59.9 Å². The van der Waals surface area contributed by atoms with Gasteiger partial charge in [-0.05, 0) is 42.5 Å². The quantitative estimate of drug-likeness (QED) is 0.432. The minimum absolute atomic E-state index is 0.0916. The van der Waals surface area contributed by atoms with E-state index in [4.69, 9.17) is 4.74 Å². The molecule has 3 aromatic rings. The van der Waals surface area contributed by atoms with Crippen molar-refractivity contribution in [1.82, 2.24) is 14.8 Å². The molecule has 2 heterocycles. The predicted molar refractivity (Wildman–Crippen MR) is 120 cm³/mol. The van der Waals surface area contributed by atoms with Crippen LogP contribution in [0.25, 0.3) is 5.69 Å². The van der Waals surface area contributed by atoms with E-state index in [2.05, 4.69) is 15.5 Å². The number of hydrogen-bond donors (Lipinski definition) is 1. The number of amides is 1. The van der Waals surface area contributed by atoms with E-state index in [-0.39, 0.29) is 23.3 Å². The average molecular weight is 456 g/mol. The third kappa shape index (κ3) is 5.14. The van der Waals surface area contributed by atoms with Crippen LogP contribution in [0.15, 0.2) is 53.7 Å². The number of rotatable bonds is 7. The number of aromatic nitrogens is 3. The molecule has 1 aromatic heterocycles. The number of Topliss-reactive ketones (excluding diaryl/α,β-unsaturated/α-hetero) is 1. The fourth-order valence-corrected chi connectivity index (χ4v) is 4.16. The normalized spacial score (nSPS) is 13.8. The zero-order valence-corrected chi connectivity index (χ0v) is 18.3. The summed E-state index contributed by atoms with van der Waals surface area (Å²) in [6.07, 6.45) is 0. The van der Waals surface area contributed by atoms with Gasteiger partial charge in [0.15, 0.2) is 10.9 Å². The standard InChI is InChI=1S/C22H22FN5O3S/c1-15(29)24-18-7-5-16(6-8-18)20(30)14-32-22-26-25-21(27-9-11-31-12-10-27)28(22)19-4-2-3-17(23)13-19/h2-8,13H,9-12,14H2,1H3,(H,24,29). The van der Waals surface area contributed by atoms with E-state index >= 15 is 0 Å². The first-order valence-electron chi connectivity index (χ1n) is 10.1. The molecule has 0 spiro atoms. The van der Waals surface area contributed by atoms with Crippen LogP contribution in [0.5, 0.6) is 0 Å². The average Bonchev–Trinajstić information content (AvgIpc) is 3.22. The largest absolute Gasteiger partial charge is 0.378 e. The van der Waals surface area contributed by atoms with Crippen molar-refractivity contribution >= 4 is 35.1 Å². The van der Waals surface area contributed by atoms with Gasteiger partial charge in [-0.2, -0.15) is 0 Å². The van der Waals surface area contributed by atoms with Crippen LogP contribution in [0.4, 0.5) is 16.0 Å². The van der Waals surface area contributed by atoms with E-state index in [1.165, 1.54) is 30.8 Å². The molecule has 0 radical (unpaired) electrons. The second-order valence-electron chi connectivity index (χ2n) is 7.17. The van der Waals surface area contributed by atoms with Gasteiger partial charge in [-0.1, -0.05) is 17.8 Å². The Labute approximate surface area is 188 Å². The number of nitrogens with one attached hydrogen (secondary N) is 1. The number of carbonyl (C=O) groups excluding carboxylic acids is 2. The summed E-state index contributed by atoms with van der Waals surface area (Å²) < 4.78 is 21.1. The zero-order valence-electron chi connectivity index (χ0n) is 17.5. The summed E-state index contributed by atoms with van der Waals surface area (Å²) in [5, 5.41) is 11.8. The van der Waals surface area contributed by atoms with Crippen molar-refractivity contribution in [1.29, 1.82) is 0 Å². The van der Waals surface area contributed by atoms with E-state index in [1.807, 2.05) is 4.90 Å². The molecular formula is C22H22FN5O3S. The SMILES string of the molecule is CC(=O)Nc1ccc(C(=O)CSc2nnc(N3CCOCC3)n2-c2cccc(F)c2)cc1. The summed E-state index contributed by atoms with van der Waals surface area (Å²) in [6.45, 7) is 3.88. The molecule has 1 aliphatic rings. The summed E-state index contributed by atoms with van der Waals surface area (Å²) in [5.41, 5.74) is 1.74. The van der Waals surface area contributed by atoms with Gasteiger partial charge in [0.05, 0.1) is 24.7 Å². The Morgan fingerprint density at radius 2 is 1.88 bits per heavy atom. The van der Waals surface area contributed by atoms with Crippen molar-refractivity contribution < 1.29 is 18.7 Å². The lowest BCUT2D eigenvalue weighted by atomic mass is 10.1. The van der Waals surface area contributed by atoms with Gasteiger partial charge in [-0.25, -0.2) is 4.39 Å². The summed E-state index contributed by atoms with van der Waals surface area (Å²) in [6, 6.07) is 12.9. The minimum Gasteiger partial charge on any atom is -0.378 e. The number of benzene rings is 2. The fourth-order valence-electron chi connectivity index (χ4n) is 3.32. The van der Waals surface area contributed by atoms with E-state index in [9.17, 15) is 14.0 Å². The molecule has 0 bridgehead atoms. The molecule has 1 N–H and O–H groups in total. The topological polar surface area (TPSA) is 89.3 Å². The lowest BCUT2D eigenvalue weighted by Gasteiger charge is -2.27. The number of morpholine rings is 1. The minimum atomic E-state index is -0.365. The van der Waals surface area contributed by atoms with Gasteiger partial charge in [0.1, 0.15) is 5.82 Å². The second kappa shape index (κ2) is 9.92. The van der Waals surface area contributed by atoms with Crippen LogP contribution >= 0.6 is 11.8 Å². The van der Waals surface area contributed by atoms with E-state index in [0.29, 0.717) is 54.3 Å². The Kier molecular flexibility index (Phi) is 6.81. The number of nitrogens with zero attached hydrogens (tertiary/aromatic N) is 4. The molecule has 1 amide bonds. The van der Waals surface area contributed by atoms with Crippen LogP contribution in [0.1, 0.15) is 17.3 Å². The van der Waals surface area contributed by atoms with Crippen LogP contribution in [0.3, 0.4) is 0 Å². The molecule has 0 atom stereocenters. The summed E-state index contributed by atoms with van der Waals surface area (Å²) in [7, 11) is 0. The molecular weight excluding hydrogens is 433 g/mol. The smallest absolute Gasteiger partial charge is 0.232 e. The van der Waals surface area contributed by atoms with Crippen molar-refractivity contribution in [3.63, 3.8) is 0 Å². The number of ether oxygens (including phenoxy) is 1. The maximum atomic E-state index is 13.9.